The van der Waals surface area contributed by atoms with E-state index in [1.807, 2.05) is 0 Å². The van der Waals surface area contributed by atoms with Crippen molar-refractivity contribution in [3.05, 3.63) is 27.2 Å². The molecule has 0 unspecified atom stereocenters. The molecular weight excluding hydrogens is 295 g/mol. The molecule has 0 heterocycles. The summed E-state index contributed by atoms with van der Waals surface area (Å²) in [5.41, 5.74) is -0.548. The molecule has 6 heteroatoms. The van der Waals surface area contributed by atoms with Crippen molar-refractivity contribution >= 4 is 46.4 Å². The minimum atomic E-state index is -0.921. The number of anilines is 1. The highest BCUT2D eigenvalue weighted by molar-refractivity contribution is 6.44. The van der Waals surface area contributed by atoms with Crippen LogP contribution in [-0.4, -0.2) is 5.91 Å². The predicted octanol–water partition coefficient (Wildman–Crippen LogP) is 4.28. The molecule has 3 nitrogen and oxygen atoms in total. The first-order valence-corrected chi connectivity index (χ1v) is 6.49. The van der Waals surface area contributed by atoms with E-state index >= 15 is 0 Å². The van der Waals surface area contributed by atoms with Gasteiger partial charge in [0.25, 0.3) is 0 Å². The van der Waals surface area contributed by atoms with Crippen LogP contribution in [0.3, 0.4) is 0 Å². The number of nitrogens with zero attached hydrogens (tertiary/aromatic N) is 1. The Morgan fingerprint density at radius 1 is 1.22 bits per heavy atom. The van der Waals surface area contributed by atoms with Gasteiger partial charge in [0.15, 0.2) is 0 Å². The summed E-state index contributed by atoms with van der Waals surface area (Å²) in [6, 6.07) is 5.01. The summed E-state index contributed by atoms with van der Waals surface area (Å²) in [7, 11) is 0. The molecule has 2 rings (SSSR count). The van der Waals surface area contributed by atoms with Crippen LogP contribution in [0.4, 0.5) is 5.69 Å². The first-order chi connectivity index (χ1) is 8.48. The van der Waals surface area contributed by atoms with Crippen LogP contribution in [-0.2, 0) is 4.79 Å². The molecule has 0 aromatic heterocycles. The number of nitrogens with one attached hydrogen (secondary N) is 1. The van der Waals surface area contributed by atoms with Gasteiger partial charge >= 0.3 is 0 Å². The van der Waals surface area contributed by atoms with E-state index in [-0.39, 0.29) is 5.91 Å². The summed E-state index contributed by atoms with van der Waals surface area (Å²) in [6.45, 7) is 0. The Hall–Kier alpha value is -0.950. The van der Waals surface area contributed by atoms with Crippen molar-refractivity contribution in [2.24, 2.45) is 5.41 Å². The second kappa shape index (κ2) is 4.97. The van der Waals surface area contributed by atoms with E-state index in [0.29, 0.717) is 33.6 Å². The number of halogens is 3. The molecule has 0 aliphatic heterocycles. The van der Waals surface area contributed by atoms with Crippen LogP contribution in [0.15, 0.2) is 12.1 Å². The lowest BCUT2D eigenvalue weighted by atomic mass is 9.69. The fourth-order valence-electron chi connectivity index (χ4n) is 1.78. The normalized spacial score (nSPS) is 16.6. The largest absolute Gasteiger partial charge is 0.323 e. The van der Waals surface area contributed by atoms with Crippen molar-refractivity contribution < 1.29 is 4.79 Å². The highest BCUT2D eigenvalue weighted by Crippen LogP contribution is 2.42. The van der Waals surface area contributed by atoms with E-state index in [2.05, 4.69) is 11.4 Å². The molecule has 1 aromatic carbocycles. The second-order valence-electron chi connectivity index (χ2n) is 4.25. The van der Waals surface area contributed by atoms with Crippen LogP contribution in [0.2, 0.25) is 15.1 Å². The van der Waals surface area contributed by atoms with E-state index in [9.17, 15) is 4.79 Å². The molecule has 1 saturated carbocycles. The number of carbonyl (C=O) groups is 1. The van der Waals surface area contributed by atoms with Gasteiger partial charge in [0.1, 0.15) is 5.41 Å². The number of carbonyl (C=O) groups excluding carboxylic acids is 1. The molecule has 1 aromatic rings. The van der Waals surface area contributed by atoms with Crippen molar-refractivity contribution in [3.63, 3.8) is 0 Å². The monoisotopic (exact) mass is 302 g/mol. The van der Waals surface area contributed by atoms with Crippen LogP contribution in [0.5, 0.6) is 0 Å². The van der Waals surface area contributed by atoms with Crippen molar-refractivity contribution in [1.29, 1.82) is 5.26 Å². The molecule has 1 N–H and O–H groups in total. The predicted molar refractivity (Wildman–Crippen MR) is 72.0 cm³/mol. The quantitative estimate of drug-likeness (QED) is 0.829. The van der Waals surface area contributed by atoms with Crippen LogP contribution >= 0.6 is 34.8 Å². The Labute approximate surface area is 120 Å². The molecule has 0 atom stereocenters. The summed E-state index contributed by atoms with van der Waals surface area (Å²) >= 11 is 17.6. The minimum absolute atomic E-state index is 0.296. The SMILES string of the molecule is N#CC1(C(=O)Nc2cc(Cl)c(Cl)cc2Cl)CCC1. The number of hydrogen-bond donors (Lipinski definition) is 1. The zero-order valence-electron chi connectivity index (χ0n) is 9.27. The van der Waals surface area contributed by atoms with Gasteiger partial charge in [0.05, 0.1) is 26.8 Å². The van der Waals surface area contributed by atoms with Gasteiger partial charge in [-0.2, -0.15) is 5.26 Å². The van der Waals surface area contributed by atoms with E-state index in [4.69, 9.17) is 40.1 Å². The van der Waals surface area contributed by atoms with Crippen LogP contribution in [0.1, 0.15) is 19.3 Å². The molecule has 18 heavy (non-hydrogen) atoms. The third-order valence-corrected chi connectivity index (χ3v) is 4.15. The van der Waals surface area contributed by atoms with Gasteiger partial charge in [-0.15, -0.1) is 0 Å². The second-order valence-corrected chi connectivity index (χ2v) is 5.47. The average molecular weight is 304 g/mol. The number of nitriles is 1. The smallest absolute Gasteiger partial charge is 0.244 e. The molecule has 1 fully saturated rings. The molecule has 0 bridgehead atoms. The fourth-order valence-corrected chi connectivity index (χ4v) is 2.37. The molecule has 0 saturated heterocycles. The maximum atomic E-state index is 12.0. The van der Waals surface area contributed by atoms with Crippen molar-refractivity contribution in [3.8, 4) is 6.07 Å². The zero-order valence-corrected chi connectivity index (χ0v) is 11.5. The molecule has 0 radical (unpaired) electrons. The topological polar surface area (TPSA) is 52.9 Å². The lowest BCUT2D eigenvalue weighted by Gasteiger charge is -2.33. The highest BCUT2D eigenvalue weighted by atomic mass is 35.5. The Bertz CT molecular complexity index is 547. The van der Waals surface area contributed by atoms with Crippen molar-refractivity contribution in [2.75, 3.05) is 5.32 Å². The molecule has 0 spiro atoms. The van der Waals surface area contributed by atoms with Crippen LogP contribution < -0.4 is 5.32 Å². The molecular formula is C12H9Cl3N2O. The van der Waals surface area contributed by atoms with E-state index in [0.717, 1.165) is 6.42 Å². The first kappa shape index (κ1) is 13.5. The number of benzene rings is 1. The average Bonchev–Trinajstić information content (AvgIpc) is 2.25. The molecule has 1 aliphatic rings. The zero-order chi connectivity index (χ0) is 13.3. The summed E-state index contributed by atoms with van der Waals surface area (Å²) in [5, 5.41) is 12.6. The number of rotatable bonds is 2. The molecule has 1 aliphatic carbocycles. The Balaban J connectivity index is 2.22. The lowest BCUT2D eigenvalue weighted by molar-refractivity contribution is -0.126. The Morgan fingerprint density at radius 2 is 1.83 bits per heavy atom. The van der Waals surface area contributed by atoms with Gasteiger partial charge in [0.2, 0.25) is 5.91 Å². The Kier molecular flexibility index (Phi) is 3.72. The summed E-state index contributed by atoms with van der Waals surface area (Å²) < 4.78 is 0. The summed E-state index contributed by atoms with van der Waals surface area (Å²) in [6.07, 6.45) is 2.04. The van der Waals surface area contributed by atoms with E-state index < -0.39 is 5.41 Å². The maximum absolute atomic E-state index is 12.0. The maximum Gasteiger partial charge on any atom is 0.244 e. The van der Waals surface area contributed by atoms with Gasteiger partial charge in [-0.1, -0.05) is 34.8 Å². The van der Waals surface area contributed by atoms with Crippen LogP contribution in [0, 0.1) is 16.7 Å². The third kappa shape index (κ3) is 2.29. The van der Waals surface area contributed by atoms with E-state index in [1.54, 1.807) is 0 Å². The molecule has 1 amide bonds. The number of amides is 1. The standard InChI is InChI=1S/C12H9Cl3N2O/c13-7-4-9(15)10(5-8(7)14)17-11(18)12(6-16)2-1-3-12/h4-5H,1-3H2,(H,17,18). The first-order valence-electron chi connectivity index (χ1n) is 5.36. The van der Waals surface area contributed by atoms with Gasteiger partial charge in [-0.05, 0) is 31.4 Å². The van der Waals surface area contributed by atoms with Gasteiger partial charge in [-0.3, -0.25) is 4.79 Å². The minimum Gasteiger partial charge on any atom is -0.323 e. The van der Waals surface area contributed by atoms with Gasteiger partial charge in [-0.25, -0.2) is 0 Å². The molecule has 94 valence electrons. The summed E-state index contributed by atoms with van der Waals surface area (Å²) in [5.74, 6) is -0.337. The van der Waals surface area contributed by atoms with Crippen LogP contribution in [0.25, 0.3) is 0 Å². The third-order valence-electron chi connectivity index (χ3n) is 3.11. The number of hydrogen-bond acceptors (Lipinski definition) is 2. The fraction of sp³-hybridized carbons (Fsp3) is 0.333. The lowest BCUT2D eigenvalue weighted by Crippen LogP contribution is -2.40. The van der Waals surface area contributed by atoms with E-state index in [1.165, 1.54) is 12.1 Å². The Morgan fingerprint density at radius 3 is 2.33 bits per heavy atom. The van der Waals surface area contributed by atoms with Gasteiger partial charge < -0.3 is 5.32 Å². The van der Waals surface area contributed by atoms with Crippen molar-refractivity contribution in [1.82, 2.24) is 0 Å². The highest BCUT2D eigenvalue weighted by Gasteiger charge is 2.44. The van der Waals surface area contributed by atoms with Gasteiger partial charge in [0, 0.05) is 0 Å². The van der Waals surface area contributed by atoms with Crippen molar-refractivity contribution in [2.45, 2.75) is 19.3 Å². The summed E-state index contributed by atoms with van der Waals surface area (Å²) in [4.78, 5) is 12.0.